The molecular weight excluding hydrogens is 369 g/mol. The fourth-order valence-electron chi connectivity index (χ4n) is 1.15. The lowest BCUT2D eigenvalue weighted by Crippen LogP contribution is -2.18. The summed E-state index contributed by atoms with van der Waals surface area (Å²) in [4.78, 5) is 9.18. The maximum Gasteiger partial charge on any atom is 0.416 e. The van der Waals surface area contributed by atoms with Gasteiger partial charge in [-0.3, -0.25) is 4.79 Å². The zero-order valence-electron chi connectivity index (χ0n) is 8.21. The molecule has 7 heteroatoms. The highest BCUT2D eigenvalue weighted by molar-refractivity contribution is 9.12. The van der Waals surface area contributed by atoms with Crippen LogP contribution >= 0.6 is 31.9 Å². The van der Waals surface area contributed by atoms with Crippen molar-refractivity contribution >= 4 is 37.8 Å². The number of halogens is 5. The molecule has 0 aliphatic carbocycles. The second-order valence-electron chi connectivity index (χ2n) is 3.26. The summed E-state index contributed by atoms with van der Waals surface area (Å²) < 4.78 is 36.9. The third kappa shape index (κ3) is 3.70. The van der Waals surface area contributed by atoms with Gasteiger partial charge in [0.25, 0.3) is 0 Å². The quantitative estimate of drug-likeness (QED) is 0.811. The van der Waals surface area contributed by atoms with E-state index in [4.69, 9.17) is 5.11 Å². The molecule has 94 valence electrons. The van der Waals surface area contributed by atoms with Crippen molar-refractivity contribution in [3.63, 3.8) is 0 Å². The topological polar surface area (TPSA) is 37.3 Å². The Morgan fingerprint density at radius 3 is 2.00 bits per heavy atom. The maximum absolute atomic E-state index is 12.3. The highest BCUT2D eigenvalue weighted by Crippen LogP contribution is 2.34. The van der Waals surface area contributed by atoms with Gasteiger partial charge in [-0.05, 0) is 17.7 Å². The van der Waals surface area contributed by atoms with Gasteiger partial charge in [0.2, 0.25) is 0 Å². The fraction of sp³-hybridized carbons (Fsp3) is 0.300. The number of carbonyl (C=O) groups is 1. The number of carboxylic acid groups (broad SMARTS) is 1. The standard InChI is InChI=1S/C10H7Br2F3O2/c11-7(8(12)9(16)17)5-1-3-6(4-2-5)10(13,14)15/h1-4,7-8H,(H,16,17). The molecule has 0 saturated carbocycles. The van der Waals surface area contributed by atoms with Crippen molar-refractivity contribution in [3.05, 3.63) is 35.4 Å². The van der Waals surface area contributed by atoms with Crippen molar-refractivity contribution in [3.8, 4) is 0 Å². The van der Waals surface area contributed by atoms with E-state index in [1.165, 1.54) is 12.1 Å². The summed E-state index contributed by atoms with van der Waals surface area (Å²) in [7, 11) is 0. The first-order valence-corrected chi connectivity index (χ1v) is 6.24. The van der Waals surface area contributed by atoms with E-state index in [1.807, 2.05) is 0 Å². The molecule has 0 spiro atoms. The molecule has 2 nitrogen and oxygen atoms in total. The SMILES string of the molecule is O=C(O)C(Br)C(Br)c1ccc(C(F)(F)F)cc1. The molecule has 0 aliphatic rings. The minimum Gasteiger partial charge on any atom is -0.480 e. The second kappa shape index (κ2) is 5.39. The Balaban J connectivity index is 2.92. The number of benzene rings is 1. The summed E-state index contributed by atoms with van der Waals surface area (Å²) in [6.45, 7) is 0. The van der Waals surface area contributed by atoms with Gasteiger partial charge in [-0.2, -0.15) is 13.2 Å². The minimum absolute atomic E-state index is 0.460. The van der Waals surface area contributed by atoms with Gasteiger partial charge < -0.3 is 5.11 Å². The molecule has 2 unspecified atom stereocenters. The second-order valence-corrected chi connectivity index (χ2v) is 5.23. The smallest absolute Gasteiger partial charge is 0.416 e. The van der Waals surface area contributed by atoms with E-state index in [0.29, 0.717) is 5.56 Å². The highest BCUT2D eigenvalue weighted by Gasteiger charge is 2.31. The van der Waals surface area contributed by atoms with Crippen LogP contribution in [0.2, 0.25) is 0 Å². The largest absolute Gasteiger partial charge is 0.480 e. The molecule has 1 N–H and O–H groups in total. The van der Waals surface area contributed by atoms with Crippen LogP contribution in [0.4, 0.5) is 13.2 Å². The van der Waals surface area contributed by atoms with Crippen LogP contribution in [-0.2, 0) is 11.0 Å². The number of hydrogen-bond donors (Lipinski definition) is 1. The molecule has 0 heterocycles. The molecule has 1 aromatic rings. The molecule has 0 aliphatic heterocycles. The van der Waals surface area contributed by atoms with Gasteiger partial charge in [-0.1, -0.05) is 44.0 Å². The van der Waals surface area contributed by atoms with Crippen molar-refractivity contribution in [2.45, 2.75) is 15.8 Å². The molecule has 0 amide bonds. The summed E-state index contributed by atoms with van der Waals surface area (Å²) in [6, 6.07) is 4.34. The zero-order chi connectivity index (χ0) is 13.2. The predicted molar refractivity (Wildman–Crippen MR) is 63.5 cm³/mol. The number of carboxylic acids is 1. The molecule has 17 heavy (non-hydrogen) atoms. The summed E-state index contributed by atoms with van der Waals surface area (Å²) in [6.07, 6.45) is -4.39. The first kappa shape index (κ1) is 14.5. The lowest BCUT2D eigenvalue weighted by atomic mass is 10.1. The van der Waals surface area contributed by atoms with Crippen LogP contribution in [0.15, 0.2) is 24.3 Å². The Morgan fingerprint density at radius 2 is 1.65 bits per heavy atom. The Hall–Kier alpha value is -0.560. The van der Waals surface area contributed by atoms with Crippen molar-refractivity contribution in [2.24, 2.45) is 0 Å². The van der Waals surface area contributed by atoms with E-state index >= 15 is 0 Å². The van der Waals surface area contributed by atoms with Gasteiger partial charge >= 0.3 is 12.1 Å². The number of alkyl halides is 5. The van der Waals surface area contributed by atoms with E-state index < -0.39 is 27.4 Å². The number of aliphatic carboxylic acids is 1. The first-order valence-electron chi connectivity index (χ1n) is 4.41. The summed E-state index contributed by atoms with van der Waals surface area (Å²) in [5.74, 6) is -1.09. The summed E-state index contributed by atoms with van der Waals surface area (Å²) >= 11 is 6.05. The van der Waals surface area contributed by atoms with E-state index in [1.54, 1.807) is 0 Å². The Kier molecular flexibility index (Phi) is 4.60. The predicted octanol–water partition coefficient (Wildman–Crippen LogP) is 3.99. The molecule has 0 saturated heterocycles. The van der Waals surface area contributed by atoms with E-state index in [2.05, 4.69) is 31.9 Å². The van der Waals surface area contributed by atoms with Crippen molar-refractivity contribution in [1.82, 2.24) is 0 Å². The molecule has 0 radical (unpaired) electrons. The summed E-state index contributed by atoms with van der Waals surface area (Å²) in [5, 5.41) is 8.74. The van der Waals surface area contributed by atoms with E-state index in [-0.39, 0.29) is 0 Å². The van der Waals surface area contributed by atoms with Crippen LogP contribution in [0, 0.1) is 0 Å². The molecule has 0 aromatic heterocycles. The van der Waals surface area contributed by atoms with Gasteiger partial charge in [-0.25, -0.2) is 0 Å². The number of rotatable bonds is 3. The van der Waals surface area contributed by atoms with Gasteiger partial charge in [0.05, 0.1) is 10.4 Å². The van der Waals surface area contributed by atoms with E-state index in [9.17, 15) is 18.0 Å². The van der Waals surface area contributed by atoms with E-state index in [0.717, 1.165) is 12.1 Å². The number of hydrogen-bond acceptors (Lipinski definition) is 1. The monoisotopic (exact) mass is 374 g/mol. The maximum atomic E-state index is 12.3. The van der Waals surface area contributed by atoms with Crippen LogP contribution in [0.25, 0.3) is 0 Å². The normalized spacial score (nSPS) is 15.4. The van der Waals surface area contributed by atoms with Crippen LogP contribution < -0.4 is 0 Å². The molecule has 1 aromatic carbocycles. The first-order chi connectivity index (χ1) is 7.73. The molecule has 2 atom stereocenters. The van der Waals surface area contributed by atoms with Crippen molar-refractivity contribution < 1.29 is 23.1 Å². The molecule has 1 rings (SSSR count). The van der Waals surface area contributed by atoms with Gasteiger partial charge in [-0.15, -0.1) is 0 Å². The summed E-state index contributed by atoms with van der Waals surface area (Å²) in [5.41, 5.74) is -0.301. The Morgan fingerprint density at radius 1 is 1.18 bits per heavy atom. The van der Waals surface area contributed by atoms with Crippen LogP contribution in [0.5, 0.6) is 0 Å². The van der Waals surface area contributed by atoms with Crippen LogP contribution in [-0.4, -0.2) is 15.9 Å². The van der Waals surface area contributed by atoms with Crippen molar-refractivity contribution in [1.29, 1.82) is 0 Å². The van der Waals surface area contributed by atoms with Gasteiger partial charge in [0.15, 0.2) is 0 Å². The zero-order valence-corrected chi connectivity index (χ0v) is 11.4. The Bertz CT molecular complexity index is 403. The highest BCUT2D eigenvalue weighted by atomic mass is 79.9. The molecule has 0 bridgehead atoms. The average Bonchev–Trinajstić information content (AvgIpc) is 2.26. The Labute approximate surface area is 112 Å². The third-order valence-electron chi connectivity index (χ3n) is 2.05. The molecular formula is C10H7Br2F3O2. The minimum atomic E-state index is -4.39. The van der Waals surface area contributed by atoms with Crippen molar-refractivity contribution in [2.75, 3.05) is 0 Å². The third-order valence-corrected chi connectivity index (χ3v) is 4.74. The lowest BCUT2D eigenvalue weighted by Gasteiger charge is -2.14. The van der Waals surface area contributed by atoms with Gasteiger partial charge in [0, 0.05) is 0 Å². The average molecular weight is 376 g/mol. The van der Waals surface area contributed by atoms with Gasteiger partial charge in [0.1, 0.15) is 4.83 Å². The van der Waals surface area contributed by atoms with Crippen LogP contribution in [0.1, 0.15) is 16.0 Å². The van der Waals surface area contributed by atoms with Crippen LogP contribution in [0.3, 0.4) is 0 Å². The fourth-order valence-corrected chi connectivity index (χ4v) is 1.99. The molecule has 0 fully saturated rings. The lowest BCUT2D eigenvalue weighted by molar-refractivity contribution is -0.138.